The van der Waals surface area contributed by atoms with E-state index in [9.17, 15) is 13.2 Å². The summed E-state index contributed by atoms with van der Waals surface area (Å²) in [4.78, 5) is 14.3. The van der Waals surface area contributed by atoms with E-state index >= 15 is 0 Å². The summed E-state index contributed by atoms with van der Waals surface area (Å²) in [6, 6.07) is 5.03. The van der Waals surface area contributed by atoms with E-state index in [1.165, 1.54) is 6.26 Å². The molecule has 1 aromatic carbocycles. The summed E-state index contributed by atoms with van der Waals surface area (Å²) in [6.45, 7) is 7.84. The number of benzene rings is 1. The molecule has 0 spiro atoms. The van der Waals surface area contributed by atoms with Crippen LogP contribution < -0.4 is 0 Å². The van der Waals surface area contributed by atoms with Crippen molar-refractivity contribution in [1.29, 1.82) is 0 Å². The number of fused-ring (bicyclic) bond motifs is 1. The van der Waals surface area contributed by atoms with E-state index in [1.54, 1.807) is 17.0 Å². The number of carbonyl (C=O) groups is 1. The Bertz CT molecular complexity index is 689. The summed E-state index contributed by atoms with van der Waals surface area (Å²) in [5.41, 5.74) is 1.14. The molecule has 6 heteroatoms. The number of ether oxygens (including phenoxy) is 1. The first-order chi connectivity index (χ1) is 10.0. The van der Waals surface area contributed by atoms with Crippen molar-refractivity contribution in [3.05, 3.63) is 29.3 Å². The van der Waals surface area contributed by atoms with Crippen molar-refractivity contribution in [3.63, 3.8) is 0 Å². The Kier molecular flexibility index (Phi) is 4.26. The molecule has 0 unspecified atom stereocenters. The predicted molar refractivity (Wildman–Crippen MR) is 84.6 cm³/mol. The molecule has 1 atom stereocenters. The Morgan fingerprint density at radius 1 is 1.32 bits per heavy atom. The second-order valence-electron chi connectivity index (χ2n) is 6.70. The third kappa shape index (κ3) is 3.43. The maximum absolute atomic E-state index is 12.3. The van der Waals surface area contributed by atoms with Crippen LogP contribution >= 0.6 is 0 Å². The lowest BCUT2D eigenvalue weighted by Crippen LogP contribution is -2.42. The van der Waals surface area contributed by atoms with Crippen LogP contribution in [0.15, 0.2) is 23.1 Å². The van der Waals surface area contributed by atoms with E-state index in [0.29, 0.717) is 17.9 Å². The van der Waals surface area contributed by atoms with E-state index in [2.05, 4.69) is 0 Å². The highest BCUT2D eigenvalue weighted by molar-refractivity contribution is 7.90. The average molecular weight is 325 g/mol. The molecule has 122 valence electrons. The minimum absolute atomic E-state index is 0.208. The highest BCUT2D eigenvalue weighted by atomic mass is 32.2. The molecule has 1 aliphatic rings. The fraction of sp³-hybridized carbons (Fsp3) is 0.562. The van der Waals surface area contributed by atoms with E-state index < -0.39 is 15.4 Å². The van der Waals surface area contributed by atoms with Crippen molar-refractivity contribution in [1.82, 2.24) is 4.90 Å². The first kappa shape index (κ1) is 16.8. The van der Waals surface area contributed by atoms with Gasteiger partial charge in [-0.15, -0.1) is 0 Å². The maximum atomic E-state index is 12.3. The third-order valence-electron chi connectivity index (χ3n) is 3.72. The number of carbonyl (C=O) groups excluding carboxylic acids is 1. The van der Waals surface area contributed by atoms with Gasteiger partial charge < -0.3 is 9.64 Å². The minimum Gasteiger partial charge on any atom is -0.444 e. The molecule has 0 saturated heterocycles. The molecule has 22 heavy (non-hydrogen) atoms. The average Bonchev–Trinajstić information content (AvgIpc) is 2.35. The van der Waals surface area contributed by atoms with E-state index in [-0.39, 0.29) is 12.1 Å². The van der Waals surface area contributed by atoms with Crippen molar-refractivity contribution in [2.24, 2.45) is 0 Å². The maximum Gasteiger partial charge on any atom is 0.410 e. The highest BCUT2D eigenvalue weighted by Gasteiger charge is 2.32. The molecule has 1 aliphatic heterocycles. The summed E-state index contributed by atoms with van der Waals surface area (Å²) in [5, 5.41) is 0. The molecule has 0 radical (unpaired) electrons. The molecule has 1 aromatic rings. The first-order valence-electron chi connectivity index (χ1n) is 7.32. The van der Waals surface area contributed by atoms with Gasteiger partial charge in [0.05, 0.1) is 10.9 Å². The van der Waals surface area contributed by atoms with Crippen LogP contribution in [0.4, 0.5) is 4.79 Å². The van der Waals surface area contributed by atoms with Crippen molar-refractivity contribution >= 4 is 15.9 Å². The molecule has 0 aromatic heterocycles. The van der Waals surface area contributed by atoms with E-state index in [4.69, 9.17) is 4.74 Å². The number of nitrogens with zero attached hydrogens (tertiary/aromatic N) is 1. The first-order valence-corrected chi connectivity index (χ1v) is 9.21. The Hall–Kier alpha value is -1.56. The van der Waals surface area contributed by atoms with Gasteiger partial charge in [0.15, 0.2) is 9.84 Å². The zero-order chi connectivity index (χ0) is 16.7. The molecular formula is C16H23NO4S. The van der Waals surface area contributed by atoms with Gasteiger partial charge in [0, 0.05) is 12.8 Å². The monoisotopic (exact) mass is 325 g/mol. The van der Waals surface area contributed by atoms with E-state index in [0.717, 1.165) is 11.1 Å². The molecule has 5 nitrogen and oxygen atoms in total. The molecule has 1 amide bonds. The fourth-order valence-electron chi connectivity index (χ4n) is 2.75. The fourth-order valence-corrected chi connectivity index (χ4v) is 3.75. The zero-order valence-corrected chi connectivity index (χ0v) is 14.5. The van der Waals surface area contributed by atoms with Crippen LogP contribution in [0.3, 0.4) is 0 Å². The van der Waals surface area contributed by atoms with Crippen molar-refractivity contribution in [3.8, 4) is 0 Å². The van der Waals surface area contributed by atoms with E-state index in [1.807, 2.05) is 33.8 Å². The van der Waals surface area contributed by atoms with Gasteiger partial charge in [-0.2, -0.15) is 0 Å². The molecule has 0 bridgehead atoms. The molecule has 1 heterocycles. The Morgan fingerprint density at radius 2 is 1.95 bits per heavy atom. The summed E-state index contributed by atoms with van der Waals surface area (Å²) < 4.78 is 29.2. The van der Waals surface area contributed by atoms with Crippen molar-refractivity contribution in [2.75, 3.05) is 12.8 Å². The highest BCUT2D eigenvalue weighted by Crippen LogP contribution is 2.34. The lowest BCUT2D eigenvalue weighted by molar-refractivity contribution is 0.0159. The van der Waals surface area contributed by atoms with Gasteiger partial charge in [0.2, 0.25) is 0 Å². The summed E-state index contributed by atoms with van der Waals surface area (Å²) in [6.07, 6.45) is 1.37. The van der Waals surface area contributed by atoms with Gasteiger partial charge in [-0.25, -0.2) is 13.2 Å². The number of hydrogen-bond acceptors (Lipinski definition) is 4. The zero-order valence-electron chi connectivity index (χ0n) is 13.7. The molecule has 0 N–H and O–H groups in total. The third-order valence-corrected chi connectivity index (χ3v) is 4.90. The standard InChI is InChI=1S/C16H23NO4S/c1-11-12-7-6-8-14(22(5,19)20)13(12)9-10-17(11)15(18)21-16(2,3)4/h6-8,11H,9-10H2,1-5H3/t11-/m0/s1. The number of sulfone groups is 1. The van der Waals surface area contributed by atoms with Crippen LogP contribution in [0, 0.1) is 0 Å². The second kappa shape index (κ2) is 5.57. The predicted octanol–water partition coefficient (Wildman–Crippen LogP) is 2.94. The second-order valence-corrected chi connectivity index (χ2v) is 8.68. The Balaban J connectivity index is 2.36. The topological polar surface area (TPSA) is 63.7 Å². The molecule has 2 rings (SSSR count). The Morgan fingerprint density at radius 3 is 2.50 bits per heavy atom. The number of amides is 1. The Labute approximate surface area is 132 Å². The minimum atomic E-state index is -3.27. The van der Waals surface area contributed by atoms with Gasteiger partial charge in [-0.05, 0) is 51.3 Å². The molecular weight excluding hydrogens is 302 g/mol. The quantitative estimate of drug-likeness (QED) is 0.796. The van der Waals surface area contributed by atoms with Crippen molar-refractivity contribution in [2.45, 2.75) is 50.7 Å². The lowest BCUT2D eigenvalue weighted by Gasteiger charge is -2.36. The SMILES string of the molecule is C[C@H]1c2cccc(S(C)(=O)=O)c2CCN1C(=O)OC(C)(C)C. The van der Waals surface area contributed by atoms with Crippen LogP contribution in [-0.2, 0) is 21.0 Å². The van der Waals surface area contributed by atoms with Crippen LogP contribution in [0.5, 0.6) is 0 Å². The largest absolute Gasteiger partial charge is 0.444 e. The smallest absolute Gasteiger partial charge is 0.410 e. The van der Waals surface area contributed by atoms with Crippen LogP contribution in [0.2, 0.25) is 0 Å². The molecule has 0 saturated carbocycles. The number of rotatable bonds is 1. The van der Waals surface area contributed by atoms with Gasteiger partial charge >= 0.3 is 6.09 Å². The number of hydrogen-bond donors (Lipinski definition) is 0. The van der Waals surface area contributed by atoms with Crippen molar-refractivity contribution < 1.29 is 17.9 Å². The van der Waals surface area contributed by atoms with Gasteiger partial charge in [-0.3, -0.25) is 0 Å². The molecule has 0 aliphatic carbocycles. The van der Waals surface area contributed by atoms with Crippen LogP contribution in [0.25, 0.3) is 0 Å². The van der Waals surface area contributed by atoms with Crippen LogP contribution in [0.1, 0.15) is 44.9 Å². The van der Waals surface area contributed by atoms with Gasteiger partial charge in [0.1, 0.15) is 5.60 Å². The molecule has 0 fully saturated rings. The summed E-state index contributed by atoms with van der Waals surface area (Å²) in [5.74, 6) is 0. The van der Waals surface area contributed by atoms with Gasteiger partial charge in [0.25, 0.3) is 0 Å². The van der Waals surface area contributed by atoms with Crippen LogP contribution in [-0.4, -0.2) is 37.8 Å². The lowest BCUT2D eigenvalue weighted by atomic mass is 9.94. The summed E-state index contributed by atoms with van der Waals surface area (Å²) >= 11 is 0. The van der Waals surface area contributed by atoms with Gasteiger partial charge in [-0.1, -0.05) is 12.1 Å². The normalized spacial score (nSPS) is 18.8. The summed E-state index contributed by atoms with van der Waals surface area (Å²) in [7, 11) is -3.27.